The number of para-hydroxylation sites is 1. The van der Waals surface area contributed by atoms with Gasteiger partial charge in [-0.2, -0.15) is 0 Å². The quantitative estimate of drug-likeness (QED) is 0.801. The summed E-state index contributed by atoms with van der Waals surface area (Å²) in [6.07, 6.45) is 1.86. The highest BCUT2D eigenvalue weighted by Gasteiger charge is 2.12. The maximum absolute atomic E-state index is 5.84. The maximum Gasteiger partial charge on any atom is 0.165 e. The van der Waals surface area contributed by atoms with Crippen LogP contribution in [0.4, 0.5) is 0 Å². The zero-order valence-corrected chi connectivity index (χ0v) is 12.7. The van der Waals surface area contributed by atoms with E-state index in [1.165, 1.54) is 0 Å². The first-order valence-corrected chi connectivity index (χ1v) is 7.07. The fourth-order valence-corrected chi connectivity index (χ4v) is 2.59. The molecule has 22 heavy (non-hydrogen) atoms. The Morgan fingerprint density at radius 2 is 1.82 bits per heavy atom. The number of ether oxygens (including phenoxy) is 2. The van der Waals surface area contributed by atoms with Crippen molar-refractivity contribution in [1.82, 2.24) is 4.98 Å². The second kappa shape index (κ2) is 6.03. The molecule has 4 nitrogen and oxygen atoms in total. The van der Waals surface area contributed by atoms with Crippen LogP contribution in [-0.2, 0) is 6.54 Å². The minimum absolute atomic E-state index is 0.383. The molecule has 0 aliphatic rings. The van der Waals surface area contributed by atoms with Crippen LogP contribution in [0.5, 0.6) is 11.5 Å². The van der Waals surface area contributed by atoms with E-state index in [0.29, 0.717) is 18.0 Å². The van der Waals surface area contributed by atoms with Crippen molar-refractivity contribution in [2.45, 2.75) is 6.54 Å². The van der Waals surface area contributed by atoms with Crippen molar-refractivity contribution in [1.29, 1.82) is 0 Å². The van der Waals surface area contributed by atoms with Crippen molar-refractivity contribution in [3.63, 3.8) is 0 Å². The number of nitrogens with zero attached hydrogens (tertiary/aromatic N) is 1. The Balaban J connectivity index is 2.17. The molecule has 2 N–H and O–H groups in total. The summed E-state index contributed by atoms with van der Waals surface area (Å²) in [6.45, 7) is 0.383. The molecule has 112 valence electrons. The Morgan fingerprint density at radius 3 is 2.55 bits per heavy atom. The summed E-state index contributed by atoms with van der Waals surface area (Å²) in [5.41, 5.74) is 9.75. The van der Waals surface area contributed by atoms with Gasteiger partial charge in [-0.1, -0.05) is 18.2 Å². The van der Waals surface area contributed by atoms with Crippen molar-refractivity contribution in [2.75, 3.05) is 14.2 Å². The summed E-state index contributed by atoms with van der Waals surface area (Å²) in [6, 6.07) is 14.1. The summed E-state index contributed by atoms with van der Waals surface area (Å²) >= 11 is 0. The van der Waals surface area contributed by atoms with Gasteiger partial charge in [-0.3, -0.25) is 4.98 Å². The van der Waals surface area contributed by atoms with Crippen molar-refractivity contribution in [3.05, 3.63) is 54.2 Å². The van der Waals surface area contributed by atoms with Crippen LogP contribution in [0.3, 0.4) is 0 Å². The second-order valence-electron chi connectivity index (χ2n) is 4.99. The van der Waals surface area contributed by atoms with E-state index >= 15 is 0 Å². The van der Waals surface area contributed by atoms with E-state index in [1.807, 2.05) is 36.5 Å². The van der Waals surface area contributed by atoms with E-state index in [1.54, 1.807) is 14.2 Å². The van der Waals surface area contributed by atoms with Crippen molar-refractivity contribution in [3.8, 4) is 22.6 Å². The molecule has 0 aliphatic carbocycles. The van der Waals surface area contributed by atoms with Gasteiger partial charge in [0.05, 0.1) is 19.7 Å². The Morgan fingerprint density at radius 1 is 1.00 bits per heavy atom. The van der Waals surface area contributed by atoms with Crippen LogP contribution in [0.2, 0.25) is 0 Å². The SMILES string of the molecule is COc1cc(-c2cnc3ccccc3c2)cc(CN)c1OC. The zero-order valence-electron chi connectivity index (χ0n) is 12.7. The third-order valence-corrected chi connectivity index (χ3v) is 3.70. The molecule has 0 spiro atoms. The third kappa shape index (κ3) is 2.49. The molecule has 0 bridgehead atoms. The van der Waals surface area contributed by atoms with Crippen LogP contribution in [0.15, 0.2) is 48.7 Å². The highest BCUT2D eigenvalue weighted by molar-refractivity contribution is 5.84. The normalized spacial score (nSPS) is 10.7. The molecular formula is C18H18N2O2. The Hall–Kier alpha value is -2.59. The topological polar surface area (TPSA) is 57.4 Å². The van der Waals surface area contributed by atoms with Gasteiger partial charge < -0.3 is 15.2 Å². The van der Waals surface area contributed by atoms with Crippen LogP contribution < -0.4 is 15.2 Å². The first kappa shape index (κ1) is 14.4. The molecule has 0 saturated heterocycles. The summed E-state index contributed by atoms with van der Waals surface area (Å²) < 4.78 is 10.8. The van der Waals surface area contributed by atoms with Gasteiger partial charge in [0.25, 0.3) is 0 Å². The third-order valence-electron chi connectivity index (χ3n) is 3.70. The highest BCUT2D eigenvalue weighted by atomic mass is 16.5. The number of rotatable bonds is 4. The number of aromatic nitrogens is 1. The van der Waals surface area contributed by atoms with E-state index in [-0.39, 0.29) is 0 Å². The molecule has 0 saturated carbocycles. The van der Waals surface area contributed by atoms with Gasteiger partial charge in [0.2, 0.25) is 0 Å². The van der Waals surface area contributed by atoms with Crippen molar-refractivity contribution < 1.29 is 9.47 Å². The average molecular weight is 294 g/mol. The van der Waals surface area contributed by atoms with Crippen LogP contribution in [0.1, 0.15) is 5.56 Å². The van der Waals surface area contributed by atoms with Crippen molar-refractivity contribution in [2.24, 2.45) is 5.73 Å². The molecular weight excluding hydrogens is 276 g/mol. The van der Waals surface area contributed by atoms with Gasteiger partial charge in [-0.15, -0.1) is 0 Å². The Labute approximate surface area is 129 Å². The smallest absolute Gasteiger partial charge is 0.165 e. The molecule has 0 aliphatic heterocycles. The minimum Gasteiger partial charge on any atom is -0.493 e. The maximum atomic E-state index is 5.84. The summed E-state index contributed by atoms with van der Waals surface area (Å²) in [5.74, 6) is 1.36. The zero-order chi connectivity index (χ0) is 15.5. The number of hydrogen-bond acceptors (Lipinski definition) is 4. The molecule has 1 heterocycles. The lowest BCUT2D eigenvalue weighted by atomic mass is 10.0. The molecule has 2 aromatic carbocycles. The van der Waals surface area contributed by atoms with Gasteiger partial charge >= 0.3 is 0 Å². The Bertz CT molecular complexity index is 790. The number of hydrogen-bond donors (Lipinski definition) is 1. The monoisotopic (exact) mass is 294 g/mol. The molecule has 0 unspecified atom stereocenters. The Kier molecular flexibility index (Phi) is 3.94. The van der Waals surface area contributed by atoms with E-state index < -0.39 is 0 Å². The van der Waals surface area contributed by atoms with E-state index in [2.05, 4.69) is 17.1 Å². The summed E-state index contributed by atoms with van der Waals surface area (Å²) in [7, 11) is 3.24. The first-order valence-electron chi connectivity index (χ1n) is 7.07. The average Bonchev–Trinajstić information content (AvgIpc) is 2.59. The van der Waals surface area contributed by atoms with Crippen LogP contribution in [0.25, 0.3) is 22.0 Å². The molecule has 3 aromatic rings. The second-order valence-corrected chi connectivity index (χ2v) is 4.99. The van der Waals surface area contributed by atoms with Crippen LogP contribution in [-0.4, -0.2) is 19.2 Å². The fourth-order valence-electron chi connectivity index (χ4n) is 2.59. The van der Waals surface area contributed by atoms with E-state index in [0.717, 1.165) is 27.6 Å². The summed E-state index contributed by atoms with van der Waals surface area (Å²) in [4.78, 5) is 4.51. The highest BCUT2D eigenvalue weighted by Crippen LogP contribution is 2.36. The molecule has 0 fully saturated rings. The molecule has 0 amide bonds. The standard InChI is InChI=1S/C18H18N2O2/c1-21-17-9-13(8-14(10-19)18(17)22-2)15-7-12-5-3-4-6-16(12)20-11-15/h3-9,11H,10,19H2,1-2H3. The first-order chi connectivity index (χ1) is 10.8. The van der Waals surface area contributed by atoms with Crippen LogP contribution in [0, 0.1) is 0 Å². The molecule has 1 aromatic heterocycles. The lowest BCUT2D eigenvalue weighted by Gasteiger charge is -2.14. The van der Waals surface area contributed by atoms with Gasteiger partial charge in [0, 0.05) is 29.3 Å². The number of nitrogens with two attached hydrogens (primary N) is 1. The van der Waals surface area contributed by atoms with E-state index in [4.69, 9.17) is 15.2 Å². The molecule has 0 radical (unpaired) electrons. The lowest BCUT2D eigenvalue weighted by Crippen LogP contribution is -2.02. The number of fused-ring (bicyclic) bond motifs is 1. The van der Waals surface area contributed by atoms with Gasteiger partial charge in [0.1, 0.15) is 0 Å². The minimum atomic E-state index is 0.383. The molecule has 4 heteroatoms. The predicted molar refractivity (Wildman–Crippen MR) is 88.2 cm³/mol. The van der Waals surface area contributed by atoms with E-state index in [9.17, 15) is 0 Å². The van der Waals surface area contributed by atoms with Gasteiger partial charge in [-0.25, -0.2) is 0 Å². The van der Waals surface area contributed by atoms with Gasteiger partial charge in [0.15, 0.2) is 11.5 Å². The lowest BCUT2D eigenvalue weighted by molar-refractivity contribution is 0.352. The predicted octanol–water partition coefficient (Wildman–Crippen LogP) is 3.38. The number of pyridine rings is 1. The van der Waals surface area contributed by atoms with Gasteiger partial charge in [-0.05, 0) is 29.8 Å². The summed E-state index contributed by atoms with van der Waals surface area (Å²) in [5, 5.41) is 1.10. The fraction of sp³-hybridized carbons (Fsp3) is 0.167. The van der Waals surface area contributed by atoms with Crippen LogP contribution >= 0.6 is 0 Å². The number of benzene rings is 2. The largest absolute Gasteiger partial charge is 0.493 e. The van der Waals surface area contributed by atoms with Crippen molar-refractivity contribution >= 4 is 10.9 Å². The number of methoxy groups -OCH3 is 2. The molecule has 0 atom stereocenters. The molecule has 3 rings (SSSR count).